The molecule has 3 rings (SSSR count). The molecule has 5 nitrogen and oxygen atoms in total. The van der Waals surface area contributed by atoms with E-state index in [9.17, 15) is 0 Å². The summed E-state index contributed by atoms with van der Waals surface area (Å²) in [4.78, 5) is 9.91. The van der Waals surface area contributed by atoms with E-state index in [-0.39, 0.29) is 0 Å². The first-order chi connectivity index (χ1) is 7.79. The molecule has 2 aromatic rings. The highest BCUT2D eigenvalue weighted by molar-refractivity contribution is 7.99. The highest BCUT2D eigenvalue weighted by atomic mass is 32.2. The molecule has 0 aromatic carbocycles. The van der Waals surface area contributed by atoms with E-state index in [0.717, 1.165) is 29.2 Å². The Balaban J connectivity index is 2.28. The maximum Gasteiger partial charge on any atom is 0.255 e. The number of anilines is 1. The van der Waals surface area contributed by atoms with Gasteiger partial charge in [0.15, 0.2) is 0 Å². The number of rotatable bonds is 1. The molecule has 0 saturated carbocycles. The van der Waals surface area contributed by atoms with Gasteiger partial charge < -0.3 is 5.73 Å². The van der Waals surface area contributed by atoms with Crippen LogP contribution in [0.4, 0.5) is 5.82 Å². The van der Waals surface area contributed by atoms with Gasteiger partial charge in [0.1, 0.15) is 5.82 Å². The van der Waals surface area contributed by atoms with E-state index in [0.29, 0.717) is 16.8 Å². The summed E-state index contributed by atoms with van der Waals surface area (Å²) in [6.07, 6.45) is 4.09. The minimum atomic E-state index is 0.614. The molecule has 3 heterocycles. The molecule has 0 radical (unpaired) electrons. The van der Waals surface area contributed by atoms with Crippen molar-refractivity contribution in [2.75, 3.05) is 17.7 Å². The van der Waals surface area contributed by atoms with Crippen LogP contribution >= 0.6 is 23.5 Å². The fraction of sp³-hybridized carbons (Fsp3) is 0.444. The number of hydrogen-bond donors (Lipinski definition) is 1. The van der Waals surface area contributed by atoms with E-state index in [1.165, 1.54) is 11.8 Å². The summed E-state index contributed by atoms with van der Waals surface area (Å²) in [5.41, 5.74) is 7.17. The lowest BCUT2D eigenvalue weighted by atomic mass is 10.2. The Morgan fingerprint density at radius 2 is 2.31 bits per heavy atom. The van der Waals surface area contributed by atoms with Crippen LogP contribution in [0.5, 0.6) is 0 Å². The summed E-state index contributed by atoms with van der Waals surface area (Å²) < 4.78 is 1.64. The van der Waals surface area contributed by atoms with Crippen molar-refractivity contribution in [1.29, 1.82) is 0 Å². The molecule has 0 saturated heterocycles. The van der Waals surface area contributed by atoms with Gasteiger partial charge in [0, 0.05) is 0 Å². The normalized spacial score (nSPS) is 15.3. The lowest BCUT2D eigenvalue weighted by Crippen LogP contribution is -2.10. The van der Waals surface area contributed by atoms with E-state index in [1.807, 2.05) is 6.26 Å². The molecule has 7 heteroatoms. The molecule has 1 aliphatic rings. The smallest absolute Gasteiger partial charge is 0.255 e. The van der Waals surface area contributed by atoms with E-state index in [1.54, 1.807) is 16.3 Å². The number of aryl methyl sites for hydroxylation is 1. The summed E-state index contributed by atoms with van der Waals surface area (Å²) in [6.45, 7) is 0. The predicted molar refractivity (Wildman–Crippen MR) is 66.0 cm³/mol. The highest BCUT2D eigenvalue weighted by Crippen LogP contribution is 2.33. The number of nitrogens with two attached hydrogens (primary N) is 1. The van der Waals surface area contributed by atoms with Crippen LogP contribution in [-0.2, 0) is 6.42 Å². The van der Waals surface area contributed by atoms with Crippen LogP contribution in [0.1, 0.15) is 12.1 Å². The molecule has 84 valence electrons. The zero-order valence-corrected chi connectivity index (χ0v) is 10.4. The molecular formula is C9H11N5S2. The van der Waals surface area contributed by atoms with Crippen molar-refractivity contribution in [3.8, 4) is 0 Å². The first kappa shape index (κ1) is 10.2. The Hall–Kier alpha value is -0.950. The third-order valence-electron chi connectivity index (χ3n) is 2.52. The van der Waals surface area contributed by atoms with Gasteiger partial charge in [0.05, 0.1) is 10.6 Å². The summed E-state index contributed by atoms with van der Waals surface area (Å²) in [7, 11) is 0. The van der Waals surface area contributed by atoms with E-state index in [4.69, 9.17) is 5.73 Å². The largest absolute Gasteiger partial charge is 0.383 e. The fourth-order valence-electron chi connectivity index (χ4n) is 1.76. The third kappa shape index (κ3) is 1.46. The van der Waals surface area contributed by atoms with E-state index < -0.39 is 0 Å². The van der Waals surface area contributed by atoms with Gasteiger partial charge in [-0.2, -0.15) is 9.50 Å². The second kappa shape index (κ2) is 3.81. The lowest BCUT2D eigenvalue weighted by Gasteiger charge is -2.15. The maximum absolute atomic E-state index is 6.10. The molecular weight excluding hydrogens is 242 g/mol. The topological polar surface area (TPSA) is 69.1 Å². The minimum Gasteiger partial charge on any atom is -0.383 e. The molecule has 2 aromatic heterocycles. The summed E-state index contributed by atoms with van der Waals surface area (Å²) in [6, 6.07) is 0. The summed E-state index contributed by atoms with van der Waals surface area (Å²) in [5.74, 6) is 2.40. The molecule has 0 amide bonds. The summed E-state index contributed by atoms with van der Waals surface area (Å²) >= 11 is 3.26. The van der Waals surface area contributed by atoms with Crippen LogP contribution < -0.4 is 5.73 Å². The SMILES string of the molecule is CSc1nc2nc3c(c(N)n2n1)SCCC3. The van der Waals surface area contributed by atoms with Crippen LogP contribution in [0.25, 0.3) is 5.78 Å². The molecule has 0 bridgehead atoms. The van der Waals surface area contributed by atoms with E-state index in [2.05, 4.69) is 15.1 Å². The Labute approximate surface area is 101 Å². The van der Waals surface area contributed by atoms with Gasteiger partial charge in [0.2, 0.25) is 5.16 Å². The molecule has 0 unspecified atom stereocenters. The van der Waals surface area contributed by atoms with Crippen LogP contribution in [-0.4, -0.2) is 31.6 Å². The van der Waals surface area contributed by atoms with Crippen molar-refractivity contribution in [3.63, 3.8) is 0 Å². The number of aromatic nitrogens is 4. The van der Waals surface area contributed by atoms with Crippen LogP contribution in [0.2, 0.25) is 0 Å². The number of nitrogens with zero attached hydrogens (tertiary/aromatic N) is 4. The monoisotopic (exact) mass is 253 g/mol. The average Bonchev–Trinajstić information content (AvgIpc) is 2.73. The minimum absolute atomic E-state index is 0.614. The third-order valence-corrected chi connectivity index (χ3v) is 4.28. The molecule has 16 heavy (non-hydrogen) atoms. The molecule has 2 N–H and O–H groups in total. The second-order valence-corrected chi connectivity index (χ2v) is 5.41. The molecule has 0 aliphatic carbocycles. The fourth-order valence-corrected chi connectivity index (χ4v) is 3.14. The molecule has 1 aliphatic heterocycles. The lowest BCUT2D eigenvalue weighted by molar-refractivity contribution is 0.809. The second-order valence-electron chi connectivity index (χ2n) is 3.54. The molecule has 0 spiro atoms. The first-order valence-corrected chi connectivity index (χ1v) is 7.22. The highest BCUT2D eigenvalue weighted by Gasteiger charge is 2.19. The zero-order valence-electron chi connectivity index (χ0n) is 8.80. The van der Waals surface area contributed by atoms with Gasteiger partial charge in [-0.15, -0.1) is 16.9 Å². The van der Waals surface area contributed by atoms with Gasteiger partial charge in [0.25, 0.3) is 5.78 Å². The van der Waals surface area contributed by atoms with Crippen molar-refractivity contribution in [1.82, 2.24) is 19.6 Å². The van der Waals surface area contributed by atoms with Crippen molar-refractivity contribution in [2.24, 2.45) is 0 Å². The zero-order chi connectivity index (χ0) is 11.1. The number of hydrogen-bond acceptors (Lipinski definition) is 6. The maximum atomic E-state index is 6.10. The van der Waals surface area contributed by atoms with Crippen LogP contribution in [0, 0.1) is 0 Å². The van der Waals surface area contributed by atoms with Crippen LogP contribution in [0.3, 0.4) is 0 Å². The van der Waals surface area contributed by atoms with E-state index >= 15 is 0 Å². The number of fused-ring (bicyclic) bond motifs is 2. The molecule has 0 fully saturated rings. The van der Waals surface area contributed by atoms with Crippen molar-refractivity contribution in [2.45, 2.75) is 22.9 Å². The number of thioether (sulfide) groups is 2. The Bertz CT molecular complexity index is 550. The quantitative estimate of drug-likeness (QED) is 0.776. The summed E-state index contributed by atoms with van der Waals surface area (Å²) in [5, 5.41) is 5.02. The Kier molecular flexibility index (Phi) is 2.44. The Morgan fingerprint density at radius 1 is 1.44 bits per heavy atom. The van der Waals surface area contributed by atoms with Crippen molar-refractivity contribution in [3.05, 3.63) is 5.69 Å². The van der Waals surface area contributed by atoms with Gasteiger partial charge in [-0.05, 0) is 24.9 Å². The first-order valence-electron chi connectivity index (χ1n) is 5.01. The average molecular weight is 253 g/mol. The predicted octanol–water partition coefficient (Wildman–Crippen LogP) is 1.47. The van der Waals surface area contributed by atoms with Gasteiger partial charge in [-0.1, -0.05) is 11.8 Å². The van der Waals surface area contributed by atoms with Gasteiger partial charge in [-0.25, -0.2) is 4.98 Å². The van der Waals surface area contributed by atoms with Crippen LogP contribution in [0.15, 0.2) is 10.1 Å². The van der Waals surface area contributed by atoms with Crippen molar-refractivity contribution >= 4 is 35.1 Å². The number of nitrogen functional groups attached to an aromatic ring is 1. The van der Waals surface area contributed by atoms with Gasteiger partial charge in [-0.3, -0.25) is 0 Å². The van der Waals surface area contributed by atoms with Crippen molar-refractivity contribution < 1.29 is 0 Å². The standard InChI is InChI=1S/C9H11N5S2/c1-15-9-12-8-11-5-3-2-4-16-6(5)7(10)14(8)13-9/h2-4,10H2,1H3. The molecule has 0 atom stereocenters. The Morgan fingerprint density at radius 3 is 3.12 bits per heavy atom. The van der Waals surface area contributed by atoms with Gasteiger partial charge >= 0.3 is 0 Å².